The molecule has 20 heavy (non-hydrogen) atoms. The summed E-state index contributed by atoms with van der Waals surface area (Å²) in [6.07, 6.45) is 0.868. The van der Waals surface area contributed by atoms with Gasteiger partial charge in [-0.15, -0.1) is 11.6 Å². The molecule has 0 saturated heterocycles. The van der Waals surface area contributed by atoms with Crippen molar-refractivity contribution in [2.24, 2.45) is 7.05 Å². The molecule has 2 aromatic rings. The van der Waals surface area contributed by atoms with Gasteiger partial charge in [0.15, 0.2) is 0 Å². The van der Waals surface area contributed by atoms with Crippen LogP contribution in [0.4, 0.5) is 0 Å². The molecule has 2 rings (SSSR count). The third kappa shape index (κ3) is 3.13. The molecule has 0 amide bonds. The minimum Gasteiger partial charge on any atom is -0.485 e. The Morgan fingerprint density at radius 3 is 2.75 bits per heavy atom. The number of alkyl halides is 1. The number of rotatable bonds is 5. The summed E-state index contributed by atoms with van der Waals surface area (Å²) in [6, 6.07) is 5.56. The van der Waals surface area contributed by atoms with Gasteiger partial charge < -0.3 is 4.74 Å². The molecule has 1 aromatic carbocycles. The second-order valence-electron chi connectivity index (χ2n) is 4.33. The fraction of sp³-hybridized carbons (Fsp3) is 0.357. The Labute approximate surface area is 137 Å². The standard InChI is InChI=1S/C14H15BrCl2N2O/c1-3-11-13(15)12(19(2)18-11)8-20-14-9(7-16)5-4-6-10(14)17/h4-6H,3,7-8H2,1-2H3. The first kappa shape index (κ1) is 15.7. The maximum Gasteiger partial charge on any atom is 0.142 e. The Morgan fingerprint density at radius 2 is 2.15 bits per heavy atom. The largest absolute Gasteiger partial charge is 0.485 e. The van der Waals surface area contributed by atoms with E-state index in [0.29, 0.717) is 23.3 Å². The van der Waals surface area contributed by atoms with Crippen LogP contribution in [-0.2, 0) is 26.0 Å². The normalized spacial score (nSPS) is 10.8. The molecule has 1 aromatic heterocycles. The third-order valence-electron chi connectivity index (χ3n) is 3.05. The van der Waals surface area contributed by atoms with E-state index in [4.69, 9.17) is 27.9 Å². The Balaban J connectivity index is 2.23. The maximum absolute atomic E-state index is 6.17. The SMILES string of the molecule is CCc1nn(C)c(COc2c(Cl)cccc2CCl)c1Br. The molecular weight excluding hydrogens is 363 g/mol. The quantitative estimate of drug-likeness (QED) is 0.705. The highest BCUT2D eigenvalue weighted by Gasteiger charge is 2.15. The van der Waals surface area contributed by atoms with Crippen LogP contribution in [0.1, 0.15) is 23.9 Å². The lowest BCUT2D eigenvalue weighted by atomic mass is 10.2. The van der Waals surface area contributed by atoms with Gasteiger partial charge in [0.05, 0.1) is 26.8 Å². The summed E-state index contributed by atoms with van der Waals surface area (Å²) in [5, 5.41) is 5.00. The molecule has 1 heterocycles. The minimum absolute atomic E-state index is 0.364. The van der Waals surface area contributed by atoms with Crippen LogP contribution in [0, 0.1) is 0 Å². The van der Waals surface area contributed by atoms with Crippen LogP contribution in [0.2, 0.25) is 5.02 Å². The maximum atomic E-state index is 6.17. The zero-order valence-corrected chi connectivity index (χ0v) is 14.4. The van der Waals surface area contributed by atoms with Crippen LogP contribution in [0.25, 0.3) is 0 Å². The molecule has 0 unspecified atom stereocenters. The lowest BCUT2D eigenvalue weighted by Crippen LogP contribution is -2.05. The predicted octanol–water partition coefficient (Wildman–Crippen LogP) is 4.72. The van der Waals surface area contributed by atoms with Crippen molar-refractivity contribution in [1.82, 2.24) is 9.78 Å². The van der Waals surface area contributed by atoms with E-state index in [-0.39, 0.29) is 0 Å². The summed E-state index contributed by atoms with van der Waals surface area (Å²) >= 11 is 15.6. The molecule has 3 nitrogen and oxygen atoms in total. The van der Waals surface area contributed by atoms with Crippen molar-refractivity contribution >= 4 is 39.1 Å². The van der Waals surface area contributed by atoms with Crippen molar-refractivity contribution in [2.75, 3.05) is 0 Å². The van der Waals surface area contributed by atoms with E-state index in [0.717, 1.165) is 27.8 Å². The van der Waals surface area contributed by atoms with Gasteiger partial charge in [-0.3, -0.25) is 4.68 Å². The molecule has 0 aliphatic carbocycles. The topological polar surface area (TPSA) is 27.1 Å². The van der Waals surface area contributed by atoms with Gasteiger partial charge >= 0.3 is 0 Å². The molecule has 0 fully saturated rings. The first-order chi connectivity index (χ1) is 9.58. The lowest BCUT2D eigenvalue weighted by Gasteiger charge is -2.12. The number of ether oxygens (including phenoxy) is 1. The average Bonchev–Trinajstić information content (AvgIpc) is 2.72. The summed E-state index contributed by atoms with van der Waals surface area (Å²) in [5.41, 5.74) is 2.87. The van der Waals surface area contributed by atoms with Crippen molar-refractivity contribution in [3.05, 3.63) is 44.6 Å². The van der Waals surface area contributed by atoms with E-state index < -0.39 is 0 Å². The van der Waals surface area contributed by atoms with Crippen LogP contribution in [-0.4, -0.2) is 9.78 Å². The first-order valence-electron chi connectivity index (χ1n) is 6.24. The highest BCUT2D eigenvalue weighted by Crippen LogP contribution is 2.31. The number of benzene rings is 1. The molecule has 0 spiro atoms. The highest BCUT2D eigenvalue weighted by molar-refractivity contribution is 9.10. The van der Waals surface area contributed by atoms with Crippen LogP contribution in [0.3, 0.4) is 0 Å². The fourth-order valence-electron chi connectivity index (χ4n) is 1.94. The van der Waals surface area contributed by atoms with Crippen LogP contribution in [0.5, 0.6) is 5.75 Å². The van der Waals surface area contributed by atoms with Crippen LogP contribution < -0.4 is 4.74 Å². The van der Waals surface area contributed by atoms with Crippen molar-refractivity contribution in [3.63, 3.8) is 0 Å². The highest BCUT2D eigenvalue weighted by atomic mass is 79.9. The number of halogens is 3. The van der Waals surface area contributed by atoms with Crippen LogP contribution in [0.15, 0.2) is 22.7 Å². The van der Waals surface area contributed by atoms with Crippen molar-refractivity contribution < 1.29 is 4.74 Å². The molecule has 0 radical (unpaired) electrons. The average molecular weight is 378 g/mol. The van der Waals surface area contributed by atoms with E-state index in [2.05, 4.69) is 28.0 Å². The van der Waals surface area contributed by atoms with Gasteiger partial charge in [-0.05, 0) is 28.4 Å². The zero-order chi connectivity index (χ0) is 14.7. The van der Waals surface area contributed by atoms with E-state index in [9.17, 15) is 0 Å². The number of aryl methyl sites for hydroxylation is 2. The monoisotopic (exact) mass is 376 g/mol. The van der Waals surface area contributed by atoms with Gasteiger partial charge in [0.25, 0.3) is 0 Å². The zero-order valence-electron chi connectivity index (χ0n) is 11.3. The summed E-state index contributed by atoms with van der Waals surface area (Å²) in [6.45, 7) is 2.45. The molecule has 108 valence electrons. The van der Waals surface area contributed by atoms with Crippen molar-refractivity contribution in [1.29, 1.82) is 0 Å². The van der Waals surface area contributed by atoms with E-state index in [1.54, 1.807) is 6.07 Å². The molecule has 0 aliphatic heterocycles. The van der Waals surface area contributed by atoms with Gasteiger partial charge in [0.1, 0.15) is 12.4 Å². The van der Waals surface area contributed by atoms with E-state index >= 15 is 0 Å². The summed E-state index contributed by atoms with van der Waals surface area (Å²) < 4.78 is 8.66. The molecule has 0 N–H and O–H groups in total. The Morgan fingerprint density at radius 1 is 1.40 bits per heavy atom. The molecule has 0 saturated carbocycles. The smallest absolute Gasteiger partial charge is 0.142 e. The fourth-order valence-corrected chi connectivity index (χ4v) is 3.13. The minimum atomic E-state index is 0.364. The third-order valence-corrected chi connectivity index (χ3v) is 4.55. The Kier molecular flexibility index (Phi) is 5.35. The predicted molar refractivity (Wildman–Crippen MR) is 85.6 cm³/mol. The van der Waals surface area contributed by atoms with Gasteiger partial charge in [-0.25, -0.2) is 0 Å². The molecule has 0 atom stereocenters. The first-order valence-corrected chi connectivity index (χ1v) is 7.95. The summed E-state index contributed by atoms with van der Waals surface area (Å²) in [4.78, 5) is 0. The second-order valence-corrected chi connectivity index (χ2v) is 5.80. The number of aromatic nitrogens is 2. The van der Waals surface area contributed by atoms with Crippen LogP contribution >= 0.6 is 39.1 Å². The van der Waals surface area contributed by atoms with Crippen molar-refractivity contribution in [2.45, 2.75) is 25.8 Å². The molecule has 0 bridgehead atoms. The molecular formula is C14H15BrCl2N2O. The summed E-state index contributed by atoms with van der Waals surface area (Å²) in [7, 11) is 1.90. The van der Waals surface area contributed by atoms with E-state index in [1.807, 2.05) is 23.9 Å². The second kappa shape index (κ2) is 6.83. The molecule has 0 aliphatic rings. The van der Waals surface area contributed by atoms with Gasteiger partial charge in [0.2, 0.25) is 0 Å². The molecule has 6 heteroatoms. The number of para-hydroxylation sites is 1. The Hall–Kier alpha value is -0.710. The summed E-state index contributed by atoms with van der Waals surface area (Å²) in [5.74, 6) is 0.998. The van der Waals surface area contributed by atoms with Gasteiger partial charge in [0, 0.05) is 12.6 Å². The van der Waals surface area contributed by atoms with Gasteiger partial charge in [-0.2, -0.15) is 5.10 Å². The Bertz CT molecular complexity index is 613. The number of nitrogens with zero attached hydrogens (tertiary/aromatic N) is 2. The number of hydrogen-bond acceptors (Lipinski definition) is 2. The van der Waals surface area contributed by atoms with Gasteiger partial charge in [-0.1, -0.05) is 30.7 Å². The van der Waals surface area contributed by atoms with Crippen molar-refractivity contribution in [3.8, 4) is 5.75 Å². The lowest BCUT2D eigenvalue weighted by molar-refractivity contribution is 0.292. The van der Waals surface area contributed by atoms with E-state index in [1.165, 1.54) is 0 Å². The number of hydrogen-bond donors (Lipinski definition) is 0.